The minimum Gasteiger partial charge on any atom is -0.497 e. The van der Waals surface area contributed by atoms with E-state index in [0.29, 0.717) is 39.8 Å². The van der Waals surface area contributed by atoms with Gasteiger partial charge in [-0.1, -0.05) is 46.7 Å². The summed E-state index contributed by atoms with van der Waals surface area (Å²) in [6.07, 6.45) is 0. The van der Waals surface area contributed by atoms with Gasteiger partial charge in [-0.25, -0.2) is 0 Å². The molecule has 4 rings (SSSR count). The van der Waals surface area contributed by atoms with Crippen molar-refractivity contribution in [3.63, 3.8) is 0 Å². The molecule has 0 fully saturated rings. The summed E-state index contributed by atoms with van der Waals surface area (Å²) >= 11 is 1.38. The molecule has 0 aliphatic heterocycles. The molecule has 0 spiro atoms. The Labute approximate surface area is 171 Å². The van der Waals surface area contributed by atoms with Crippen molar-refractivity contribution in [1.29, 1.82) is 0 Å². The molecule has 4 aromatic rings. The van der Waals surface area contributed by atoms with Crippen LogP contribution in [0.4, 0.5) is 0 Å². The van der Waals surface area contributed by atoms with Crippen LogP contribution in [0.5, 0.6) is 11.5 Å². The molecule has 2 aromatic carbocycles. The molecule has 29 heavy (non-hydrogen) atoms. The Hall–Kier alpha value is -3.40. The summed E-state index contributed by atoms with van der Waals surface area (Å²) < 4.78 is 17.7. The van der Waals surface area contributed by atoms with E-state index in [4.69, 9.17) is 14.0 Å². The topological polar surface area (TPSA) is 101 Å². The molecule has 0 aliphatic carbocycles. The van der Waals surface area contributed by atoms with Gasteiger partial charge in [0.2, 0.25) is 16.9 Å². The quantitative estimate of drug-likeness (QED) is 0.425. The van der Waals surface area contributed by atoms with Gasteiger partial charge in [0, 0.05) is 11.6 Å². The Morgan fingerprint density at radius 3 is 2.66 bits per heavy atom. The summed E-state index contributed by atoms with van der Waals surface area (Å²) in [4.78, 5) is 4.45. The van der Waals surface area contributed by atoms with Crippen molar-refractivity contribution in [3.05, 3.63) is 53.9 Å². The molecule has 148 valence electrons. The summed E-state index contributed by atoms with van der Waals surface area (Å²) in [5.41, 5.74) is 2.75. The number of hydrogen-bond donors (Lipinski definition) is 0. The van der Waals surface area contributed by atoms with Gasteiger partial charge in [-0.2, -0.15) is 9.67 Å². The first-order chi connectivity index (χ1) is 14.2. The number of methoxy groups -OCH3 is 2. The van der Waals surface area contributed by atoms with Gasteiger partial charge >= 0.3 is 0 Å². The highest BCUT2D eigenvalue weighted by Gasteiger charge is 2.16. The van der Waals surface area contributed by atoms with Gasteiger partial charge in [0.1, 0.15) is 17.2 Å². The third kappa shape index (κ3) is 4.06. The van der Waals surface area contributed by atoms with Crippen LogP contribution in [0.25, 0.3) is 17.1 Å². The second kappa shape index (κ2) is 8.31. The lowest BCUT2D eigenvalue weighted by atomic mass is 10.1. The van der Waals surface area contributed by atoms with Crippen molar-refractivity contribution in [2.75, 3.05) is 14.2 Å². The first-order valence-corrected chi connectivity index (χ1v) is 9.69. The maximum absolute atomic E-state index is 5.43. The van der Waals surface area contributed by atoms with Crippen LogP contribution in [0, 0.1) is 6.92 Å². The minimum atomic E-state index is 0.422. The molecule has 0 saturated carbocycles. The van der Waals surface area contributed by atoms with Gasteiger partial charge < -0.3 is 14.0 Å². The molecular formula is C19H18N6O3S. The fraction of sp³-hybridized carbons (Fsp3) is 0.211. The predicted molar refractivity (Wildman–Crippen MR) is 106 cm³/mol. The van der Waals surface area contributed by atoms with Gasteiger partial charge in [-0.15, -0.1) is 5.10 Å². The Morgan fingerprint density at radius 1 is 1.07 bits per heavy atom. The zero-order chi connectivity index (χ0) is 20.2. The van der Waals surface area contributed by atoms with Crippen molar-refractivity contribution in [1.82, 2.24) is 30.3 Å². The molecule has 0 atom stereocenters. The van der Waals surface area contributed by atoms with Crippen LogP contribution in [0.15, 0.2) is 52.1 Å². The maximum Gasteiger partial charge on any atom is 0.237 e. The van der Waals surface area contributed by atoms with Crippen molar-refractivity contribution in [2.45, 2.75) is 17.8 Å². The van der Waals surface area contributed by atoms with Crippen molar-refractivity contribution >= 4 is 11.8 Å². The largest absolute Gasteiger partial charge is 0.497 e. The molecule has 10 heteroatoms. The van der Waals surface area contributed by atoms with E-state index in [1.54, 1.807) is 31.0 Å². The predicted octanol–water partition coefficient (Wildman–Crippen LogP) is 3.33. The van der Waals surface area contributed by atoms with Crippen LogP contribution in [0.2, 0.25) is 0 Å². The number of benzene rings is 2. The van der Waals surface area contributed by atoms with Crippen LogP contribution < -0.4 is 9.47 Å². The summed E-state index contributed by atoms with van der Waals surface area (Å²) in [5, 5.41) is 16.6. The van der Waals surface area contributed by atoms with Crippen LogP contribution in [-0.2, 0) is 5.75 Å². The molecule has 9 nitrogen and oxygen atoms in total. The molecule has 0 N–H and O–H groups in total. The third-order valence-electron chi connectivity index (χ3n) is 4.16. The fourth-order valence-corrected chi connectivity index (χ4v) is 3.36. The highest BCUT2D eigenvalue weighted by Crippen LogP contribution is 2.30. The van der Waals surface area contributed by atoms with E-state index in [-0.39, 0.29) is 0 Å². The van der Waals surface area contributed by atoms with Gasteiger partial charge in [0.05, 0.1) is 20.0 Å². The third-order valence-corrected chi connectivity index (χ3v) is 5.06. The average Bonchev–Trinajstić information content (AvgIpc) is 3.41. The molecule has 0 radical (unpaired) electrons. The normalized spacial score (nSPS) is 10.9. The van der Waals surface area contributed by atoms with E-state index < -0.39 is 0 Å². The summed E-state index contributed by atoms with van der Waals surface area (Å²) in [5.74, 6) is 2.75. The molecular weight excluding hydrogens is 392 g/mol. The minimum absolute atomic E-state index is 0.422. The first kappa shape index (κ1) is 18.9. The maximum atomic E-state index is 5.43. The number of ether oxygens (including phenoxy) is 2. The van der Waals surface area contributed by atoms with Crippen LogP contribution in [0.3, 0.4) is 0 Å². The first-order valence-electron chi connectivity index (χ1n) is 8.71. The van der Waals surface area contributed by atoms with Crippen LogP contribution >= 0.6 is 11.8 Å². The average molecular weight is 410 g/mol. The second-order valence-electron chi connectivity index (χ2n) is 6.08. The Kier molecular flexibility index (Phi) is 5.43. The number of rotatable bonds is 7. The molecule has 2 heterocycles. The fourth-order valence-electron chi connectivity index (χ4n) is 2.64. The Balaban J connectivity index is 1.53. The number of tetrazole rings is 1. The monoisotopic (exact) mass is 410 g/mol. The molecule has 0 amide bonds. The number of aryl methyl sites for hydroxylation is 1. The highest BCUT2D eigenvalue weighted by atomic mass is 32.2. The Morgan fingerprint density at radius 2 is 1.90 bits per heavy atom. The van der Waals surface area contributed by atoms with Crippen molar-refractivity contribution in [2.24, 2.45) is 0 Å². The molecule has 0 bridgehead atoms. The van der Waals surface area contributed by atoms with E-state index >= 15 is 0 Å². The number of nitrogens with zero attached hydrogens (tertiary/aromatic N) is 6. The Bertz CT molecular complexity index is 1110. The van der Waals surface area contributed by atoms with Gasteiger partial charge in [-0.3, -0.25) is 0 Å². The highest BCUT2D eigenvalue weighted by molar-refractivity contribution is 7.98. The van der Waals surface area contributed by atoms with E-state index in [2.05, 4.69) is 25.7 Å². The lowest BCUT2D eigenvalue weighted by molar-refractivity contribution is 0.391. The van der Waals surface area contributed by atoms with Gasteiger partial charge in [0.25, 0.3) is 0 Å². The van der Waals surface area contributed by atoms with E-state index in [9.17, 15) is 0 Å². The van der Waals surface area contributed by atoms with E-state index in [0.717, 1.165) is 5.56 Å². The molecule has 0 saturated heterocycles. The number of thioether (sulfide) groups is 1. The zero-order valence-corrected chi connectivity index (χ0v) is 16.9. The standard InChI is InChI=1S/C19H18N6O3S/c1-12-4-6-13(7-5-12)18-20-17(28-22-18)11-29-19-21-23-24-25(19)15-10-14(26-2)8-9-16(15)27-3/h4-10H,11H2,1-3H3. The van der Waals surface area contributed by atoms with Crippen LogP contribution in [0.1, 0.15) is 11.5 Å². The van der Waals surface area contributed by atoms with Gasteiger partial charge in [0.15, 0.2) is 0 Å². The molecule has 0 unspecified atom stereocenters. The number of hydrogen-bond acceptors (Lipinski definition) is 9. The smallest absolute Gasteiger partial charge is 0.237 e. The molecule has 2 aromatic heterocycles. The summed E-state index contributed by atoms with van der Waals surface area (Å²) in [7, 11) is 3.19. The van der Waals surface area contributed by atoms with Crippen molar-refractivity contribution in [3.8, 4) is 28.6 Å². The summed E-state index contributed by atoms with van der Waals surface area (Å²) in [6, 6.07) is 13.4. The van der Waals surface area contributed by atoms with E-state index in [1.807, 2.05) is 37.3 Å². The SMILES string of the molecule is COc1ccc(OC)c(-n2nnnc2SCc2nc(-c3ccc(C)cc3)no2)c1. The van der Waals surface area contributed by atoms with E-state index in [1.165, 1.54) is 17.3 Å². The van der Waals surface area contributed by atoms with Crippen molar-refractivity contribution < 1.29 is 14.0 Å². The lowest BCUT2D eigenvalue weighted by Gasteiger charge is -2.10. The van der Waals surface area contributed by atoms with Gasteiger partial charge in [-0.05, 0) is 29.5 Å². The van der Waals surface area contributed by atoms with Crippen LogP contribution in [-0.4, -0.2) is 44.6 Å². The second-order valence-corrected chi connectivity index (χ2v) is 7.02. The zero-order valence-electron chi connectivity index (χ0n) is 16.1. The molecule has 0 aliphatic rings. The number of aromatic nitrogens is 6. The lowest BCUT2D eigenvalue weighted by Crippen LogP contribution is -2.02. The summed E-state index contributed by atoms with van der Waals surface area (Å²) in [6.45, 7) is 2.03.